The summed E-state index contributed by atoms with van der Waals surface area (Å²) in [5.41, 5.74) is 2.15. The number of carbonyl (C=O) groups excluding carboxylic acids is 1. The van der Waals surface area contributed by atoms with E-state index < -0.39 is 0 Å². The van der Waals surface area contributed by atoms with E-state index in [1.165, 1.54) is 7.11 Å². The van der Waals surface area contributed by atoms with Crippen LogP contribution in [-0.2, 0) is 23.1 Å². The molecule has 2 atom stereocenters. The van der Waals surface area contributed by atoms with Gasteiger partial charge in [0.25, 0.3) is 0 Å². The maximum absolute atomic E-state index is 11.9. The fourth-order valence-electron chi connectivity index (χ4n) is 2.36. The van der Waals surface area contributed by atoms with E-state index in [1.807, 2.05) is 56.7 Å². The summed E-state index contributed by atoms with van der Waals surface area (Å²) < 4.78 is 6.64. The van der Waals surface area contributed by atoms with Crippen LogP contribution in [0.3, 0.4) is 0 Å². The standard InChI is InChI=1S/C16H21N3O2/c1-12(16(20)21-3)15(14-7-5-4-6-8-14)17-9-13-10-18-19(2)11-13/h4-8,10-12,15,17H,9H2,1-3H3/t12-,15-/m1/s1. The monoisotopic (exact) mass is 287 g/mol. The number of aryl methyl sites for hydroxylation is 1. The van der Waals surface area contributed by atoms with Gasteiger partial charge in [0.15, 0.2) is 0 Å². The number of methoxy groups -OCH3 is 1. The van der Waals surface area contributed by atoms with Gasteiger partial charge >= 0.3 is 5.97 Å². The molecule has 21 heavy (non-hydrogen) atoms. The zero-order valence-electron chi connectivity index (χ0n) is 12.6. The van der Waals surface area contributed by atoms with Crippen LogP contribution in [0.25, 0.3) is 0 Å². The molecule has 0 aliphatic heterocycles. The molecule has 0 fully saturated rings. The second-order valence-electron chi connectivity index (χ2n) is 5.10. The molecule has 1 aromatic carbocycles. The summed E-state index contributed by atoms with van der Waals surface area (Å²) in [5, 5.41) is 7.57. The van der Waals surface area contributed by atoms with Crippen molar-refractivity contribution in [2.45, 2.75) is 19.5 Å². The predicted octanol–water partition coefficient (Wildman–Crippen LogP) is 2.06. The summed E-state index contributed by atoms with van der Waals surface area (Å²) in [6.07, 6.45) is 3.77. The van der Waals surface area contributed by atoms with Crippen LogP contribution in [0, 0.1) is 5.92 Å². The van der Waals surface area contributed by atoms with Crippen molar-refractivity contribution >= 4 is 5.97 Å². The van der Waals surface area contributed by atoms with Crippen molar-refractivity contribution < 1.29 is 9.53 Å². The minimum atomic E-state index is -0.269. The average molecular weight is 287 g/mol. The van der Waals surface area contributed by atoms with Crippen LogP contribution < -0.4 is 5.32 Å². The highest BCUT2D eigenvalue weighted by Crippen LogP contribution is 2.23. The highest BCUT2D eigenvalue weighted by molar-refractivity contribution is 5.73. The largest absolute Gasteiger partial charge is 0.469 e. The molecular formula is C16H21N3O2. The van der Waals surface area contributed by atoms with Crippen LogP contribution in [0.5, 0.6) is 0 Å². The van der Waals surface area contributed by atoms with Gasteiger partial charge in [0, 0.05) is 31.4 Å². The Morgan fingerprint density at radius 3 is 2.67 bits per heavy atom. The molecule has 0 unspecified atom stereocenters. The van der Waals surface area contributed by atoms with Crippen molar-refractivity contribution in [1.82, 2.24) is 15.1 Å². The molecule has 0 spiro atoms. The van der Waals surface area contributed by atoms with Gasteiger partial charge in [-0.3, -0.25) is 9.48 Å². The number of aromatic nitrogens is 2. The van der Waals surface area contributed by atoms with Gasteiger partial charge in [-0.25, -0.2) is 0 Å². The molecule has 1 N–H and O–H groups in total. The van der Waals surface area contributed by atoms with E-state index in [1.54, 1.807) is 4.68 Å². The second kappa shape index (κ2) is 7.04. The van der Waals surface area contributed by atoms with Crippen molar-refractivity contribution in [2.75, 3.05) is 7.11 Å². The molecule has 5 heteroatoms. The first-order chi connectivity index (χ1) is 10.1. The van der Waals surface area contributed by atoms with Crippen molar-refractivity contribution in [1.29, 1.82) is 0 Å². The molecule has 0 saturated heterocycles. The van der Waals surface area contributed by atoms with Crippen LogP contribution in [0.4, 0.5) is 0 Å². The fraction of sp³-hybridized carbons (Fsp3) is 0.375. The van der Waals surface area contributed by atoms with E-state index in [-0.39, 0.29) is 17.9 Å². The maximum atomic E-state index is 11.9. The van der Waals surface area contributed by atoms with E-state index in [4.69, 9.17) is 4.74 Å². The SMILES string of the molecule is COC(=O)[C@H](C)[C@@H](NCc1cnn(C)c1)c1ccccc1. The van der Waals surface area contributed by atoms with E-state index >= 15 is 0 Å². The van der Waals surface area contributed by atoms with Gasteiger partial charge in [0.2, 0.25) is 0 Å². The zero-order chi connectivity index (χ0) is 15.2. The lowest BCUT2D eigenvalue weighted by Crippen LogP contribution is -2.31. The minimum absolute atomic E-state index is 0.0983. The summed E-state index contributed by atoms with van der Waals surface area (Å²) in [4.78, 5) is 11.9. The summed E-state index contributed by atoms with van der Waals surface area (Å²) in [6, 6.07) is 9.83. The normalized spacial score (nSPS) is 13.7. The molecule has 0 aliphatic rings. The third kappa shape index (κ3) is 3.92. The molecule has 0 saturated carbocycles. The third-order valence-corrected chi connectivity index (χ3v) is 3.52. The number of benzene rings is 1. The van der Waals surface area contributed by atoms with Gasteiger partial charge in [-0.05, 0) is 5.56 Å². The van der Waals surface area contributed by atoms with Crippen LogP contribution in [-0.4, -0.2) is 22.9 Å². The summed E-state index contributed by atoms with van der Waals surface area (Å²) in [7, 11) is 3.30. The Morgan fingerprint density at radius 1 is 1.38 bits per heavy atom. The Morgan fingerprint density at radius 2 is 2.10 bits per heavy atom. The topological polar surface area (TPSA) is 56.1 Å². The van der Waals surface area contributed by atoms with Crippen molar-refractivity contribution in [3.05, 3.63) is 53.9 Å². The number of hydrogen-bond acceptors (Lipinski definition) is 4. The summed E-state index contributed by atoms with van der Waals surface area (Å²) in [6.45, 7) is 2.52. The van der Waals surface area contributed by atoms with Gasteiger partial charge in [-0.1, -0.05) is 37.3 Å². The third-order valence-electron chi connectivity index (χ3n) is 3.52. The van der Waals surface area contributed by atoms with E-state index in [2.05, 4.69) is 10.4 Å². The van der Waals surface area contributed by atoms with Gasteiger partial charge in [0.05, 0.1) is 19.2 Å². The lowest BCUT2D eigenvalue weighted by atomic mass is 9.94. The highest BCUT2D eigenvalue weighted by Gasteiger charge is 2.25. The Hall–Kier alpha value is -2.14. The van der Waals surface area contributed by atoms with E-state index in [0.717, 1.165) is 11.1 Å². The average Bonchev–Trinajstić information content (AvgIpc) is 2.93. The summed E-state index contributed by atoms with van der Waals surface area (Å²) >= 11 is 0. The number of rotatable bonds is 6. The van der Waals surface area contributed by atoms with Crippen LogP contribution in [0.2, 0.25) is 0 Å². The Kier molecular flexibility index (Phi) is 5.11. The predicted molar refractivity (Wildman–Crippen MR) is 80.4 cm³/mol. The molecule has 1 heterocycles. The number of ether oxygens (including phenoxy) is 1. The first-order valence-electron chi connectivity index (χ1n) is 6.95. The van der Waals surface area contributed by atoms with Crippen molar-refractivity contribution in [3.8, 4) is 0 Å². The fourth-order valence-corrected chi connectivity index (χ4v) is 2.36. The van der Waals surface area contributed by atoms with Crippen molar-refractivity contribution in [3.63, 3.8) is 0 Å². The number of nitrogens with one attached hydrogen (secondary N) is 1. The van der Waals surface area contributed by atoms with Gasteiger partial charge in [-0.2, -0.15) is 5.10 Å². The number of nitrogens with zero attached hydrogens (tertiary/aromatic N) is 2. The molecule has 5 nitrogen and oxygen atoms in total. The molecule has 2 rings (SSSR count). The summed E-state index contributed by atoms with van der Waals surface area (Å²) in [5.74, 6) is -0.489. The number of hydrogen-bond donors (Lipinski definition) is 1. The maximum Gasteiger partial charge on any atom is 0.310 e. The molecular weight excluding hydrogens is 266 g/mol. The molecule has 112 valence electrons. The van der Waals surface area contributed by atoms with E-state index in [9.17, 15) is 4.79 Å². The lowest BCUT2D eigenvalue weighted by Gasteiger charge is -2.23. The minimum Gasteiger partial charge on any atom is -0.469 e. The molecule has 0 bridgehead atoms. The highest BCUT2D eigenvalue weighted by atomic mass is 16.5. The Labute approximate surface area is 124 Å². The molecule has 0 aliphatic carbocycles. The Balaban J connectivity index is 2.14. The first-order valence-corrected chi connectivity index (χ1v) is 6.95. The van der Waals surface area contributed by atoms with Crippen LogP contribution in [0.15, 0.2) is 42.7 Å². The number of carbonyl (C=O) groups is 1. The van der Waals surface area contributed by atoms with Gasteiger partial charge in [-0.15, -0.1) is 0 Å². The lowest BCUT2D eigenvalue weighted by molar-refractivity contribution is -0.145. The van der Waals surface area contributed by atoms with Crippen molar-refractivity contribution in [2.24, 2.45) is 13.0 Å². The molecule has 0 amide bonds. The molecule has 1 aromatic heterocycles. The van der Waals surface area contributed by atoms with Crippen LogP contribution >= 0.6 is 0 Å². The second-order valence-corrected chi connectivity index (χ2v) is 5.10. The Bertz CT molecular complexity index is 580. The van der Waals surface area contributed by atoms with Gasteiger partial charge < -0.3 is 10.1 Å². The zero-order valence-corrected chi connectivity index (χ0v) is 12.6. The first kappa shape index (κ1) is 15.3. The quantitative estimate of drug-likeness (QED) is 0.826. The van der Waals surface area contributed by atoms with E-state index in [0.29, 0.717) is 6.54 Å². The molecule has 0 radical (unpaired) electrons. The smallest absolute Gasteiger partial charge is 0.310 e. The van der Waals surface area contributed by atoms with Gasteiger partial charge in [0.1, 0.15) is 0 Å². The number of esters is 1. The van der Waals surface area contributed by atoms with Crippen LogP contribution in [0.1, 0.15) is 24.1 Å². The molecule has 2 aromatic rings.